The van der Waals surface area contributed by atoms with Gasteiger partial charge in [0.15, 0.2) is 0 Å². The van der Waals surface area contributed by atoms with E-state index in [0.717, 1.165) is 40.4 Å². The van der Waals surface area contributed by atoms with Gasteiger partial charge in [-0.2, -0.15) is 0 Å². The summed E-state index contributed by atoms with van der Waals surface area (Å²) in [5.74, 6) is 2.41. The zero-order valence-electron chi connectivity index (χ0n) is 31.4. The van der Waals surface area contributed by atoms with Gasteiger partial charge in [0.1, 0.15) is 11.5 Å². The highest BCUT2D eigenvalue weighted by atomic mass is 16.5. The summed E-state index contributed by atoms with van der Waals surface area (Å²) in [6.07, 6.45) is 3.54. The molecule has 266 valence electrons. The maximum atomic E-state index is 6.92. The second-order valence-corrected chi connectivity index (χ2v) is 15.0. The zero-order valence-corrected chi connectivity index (χ0v) is 31.4. The van der Waals surface area contributed by atoms with Crippen LogP contribution in [0, 0.1) is 0 Å². The molecule has 0 saturated heterocycles. The number of hydrogen-bond acceptors (Lipinski definition) is 2. The molecule has 0 saturated carbocycles. The van der Waals surface area contributed by atoms with E-state index in [4.69, 9.17) is 4.74 Å². The molecule has 0 N–H and O–H groups in total. The average molecular weight is 710 g/mol. The molecule has 2 nitrogen and oxygen atoms in total. The van der Waals surface area contributed by atoms with Crippen LogP contribution in [-0.2, 0) is 5.41 Å². The van der Waals surface area contributed by atoms with E-state index >= 15 is 0 Å². The van der Waals surface area contributed by atoms with Crippen LogP contribution in [-0.4, -0.2) is 0 Å². The first-order chi connectivity index (χ1) is 27.2. The summed E-state index contributed by atoms with van der Waals surface area (Å²) >= 11 is 0. The number of fused-ring (bicyclic) bond motifs is 11. The number of para-hydroxylation sites is 1. The van der Waals surface area contributed by atoms with Crippen molar-refractivity contribution >= 4 is 27.8 Å². The standard InChI is InChI=1S/C53H43NO/c1-3-14-36(4-2)38-23-28-41(29-24-38)54(42-30-25-39(26-31-42)37-15-6-5-7-16-37)43-32-33-46-45-19-10-11-20-47(45)53(50(46)35-43)48-21-12-13-22-51(48)55-52-44-18-9-8-17-40(44)27-34-49(52)53/h5-13,15-36H,3-4,14H2,1-2H3. The van der Waals surface area contributed by atoms with Crippen LogP contribution >= 0.6 is 0 Å². The molecule has 8 aromatic carbocycles. The Morgan fingerprint density at radius 2 is 1.15 bits per heavy atom. The third kappa shape index (κ3) is 5.23. The largest absolute Gasteiger partial charge is 0.456 e. The van der Waals surface area contributed by atoms with Crippen molar-refractivity contribution < 1.29 is 4.74 Å². The average Bonchev–Trinajstić information content (AvgIpc) is 3.53. The van der Waals surface area contributed by atoms with E-state index in [-0.39, 0.29) is 0 Å². The van der Waals surface area contributed by atoms with E-state index in [1.165, 1.54) is 68.3 Å². The molecule has 2 unspecified atom stereocenters. The fraction of sp³-hybridized carbons (Fsp3) is 0.132. The molecule has 0 fully saturated rings. The molecule has 2 heteroatoms. The van der Waals surface area contributed by atoms with Gasteiger partial charge in [0.05, 0.1) is 5.41 Å². The van der Waals surface area contributed by atoms with Crippen molar-refractivity contribution in [1.29, 1.82) is 0 Å². The number of hydrogen-bond donors (Lipinski definition) is 0. The van der Waals surface area contributed by atoms with Gasteiger partial charge >= 0.3 is 0 Å². The lowest BCUT2D eigenvalue weighted by molar-refractivity contribution is 0.441. The van der Waals surface area contributed by atoms with Gasteiger partial charge in [-0.25, -0.2) is 0 Å². The van der Waals surface area contributed by atoms with Crippen molar-refractivity contribution in [1.82, 2.24) is 0 Å². The molecule has 0 bridgehead atoms. The van der Waals surface area contributed by atoms with Crippen LogP contribution in [0.1, 0.15) is 66.8 Å². The Hall–Kier alpha value is -6.38. The third-order valence-corrected chi connectivity index (χ3v) is 12.1. The maximum absolute atomic E-state index is 6.92. The first-order valence-corrected chi connectivity index (χ1v) is 19.8. The number of ether oxygens (including phenoxy) is 1. The maximum Gasteiger partial charge on any atom is 0.140 e. The van der Waals surface area contributed by atoms with E-state index in [1.54, 1.807) is 0 Å². The molecule has 2 atom stereocenters. The molecule has 8 aromatic rings. The van der Waals surface area contributed by atoms with Crippen LogP contribution in [0.5, 0.6) is 11.5 Å². The van der Waals surface area contributed by atoms with Crippen LogP contribution in [0.4, 0.5) is 17.1 Å². The Bertz CT molecular complexity index is 2680. The van der Waals surface area contributed by atoms with Crippen LogP contribution < -0.4 is 9.64 Å². The summed E-state index contributed by atoms with van der Waals surface area (Å²) in [7, 11) is 0. The summed E-state index contributed by atoms with van der Waals surface area (Å²) in [6.45, 7) is 4.59. The topological polar surface area (TPSA) is 12.5 Å². The molecule has 2 aliphatic rings. The van der Waals surface area contributed by atoms with Gasteiger partial charge < -0.3 is 9.64 Å². The lowest BCUT2D eigenvalue weighted by Gasteiger charge is -2.40. The van der Waals surface area contributed by atoms with Crippen molar-refractivity contribution in [2.75, 3.05) is 4.90 Å². The molecule has 1 heterocycles. The van der Waals surface area contributed by atoms with Gasteiger partial charge in [0, 0.05) is 33.6 Å². The predicted octanol–water partition coefficient (Wildman–Crippen LogP) is 14.7. The van der Waals surface area contributed by atoms with Gasteiger partial charge in [-0.05, 0) is 106 Å². The summed E-state index contributed by atoms with van der Waals surface area (Å²) in [6, 6.07) is 67.0. The third-order valence-electron chi connectivity index (χ3n) is 12.1. The molecular formula is C53H43NO. The van der Waals surface area contributed by atoms with Crippen molar-refractivity contribution in [3.05, 3.63) is 210 Å². The molecule has 1 aliphatic carbocycles. The monoisotopic (exact) mass is 709 g/mol. The Kier molecular flexibility index (Phi) is 8.14. The van der Waals surface area contributed by atoms with Crippen LogP contribution in [0.15, 0.2) is 182 Å². The van der Waals surface area contributed by atoms with Crippen LogP contribution in [0.2, 0.25) is 0 Å². The second kappa shape index (κ2) is 13.5. The highest BCUT2D eigenvalue weighted by molar-refractivity contribution is 5.96. The molecular weight excluding hydrogens is 667 g/mol. The normalized spacial score (nSPS) is 15.5. The van der Waals surface area contributed by atoms with Gasteiger partial charge in [-0.3, -0.25) is 0 Å². The SMILES string of the molecule is CCCC(CC)c1ccc(N(c2ccc(-c3ccccc3)cc2)c2ccc3c(c2)C2(c4ccccc4Oc4c2ccc2ccccc42)c2ccccc2-3)cc1. The fourth-order valence-electron chi connectivity index (χ4n) is 9.49. The molecule has 10 rings (SSSR count). The molecule has 1 aliphatic heterocycles. The molecule has 0 radical (unpaired) electrons. The van der Waals surface area contributed by atoms with E-state index in [2.05, 4.69) is 201 Å². The minimum atomic E-state index is -0.572. The highest BCUT2D eigenvalue weighted by Crippen LogP contribution is 2.63. The molecule has 1 spiro atoms. The van der Waals surface area contributed by atoms with Crippen LogP contribution in [0.25, 0.3) is 33.0 Å². The van der Waals surface area contributed by atoms with Gasteiger partial charge in [-0.15, -0.1) is 0 Å². The van der Waals surface area contributed by atoms with Crippen molar-refractivity contribution in [3.8, 4) is 33.8 Å². The Labute approximate surface area is 324 Å². The molecule has 0 aromatic heterocycles. The quantitative estimate of drug-likeness (QED) is 0.156. The van der Waals surface area contributed by atoms with Crippen molar-refractivity contribution in [2.24, 2.45) is 0 Å². The predicted molar refractivity (Wildman–Crippen MR) is 229 cm³/mol. The van der Waals surface area contributed by atoms with Gasteiger partial charge in [-0.1, -0.05) is 160 Å². The van der Waals surface area contributed by atoms with Crippen molar-refractivity contribution in [3.63, 3.8) is 0 Å². The number of nitrogens with zero attached hydrogens (tertiary/aromatic N) is 1. The number of rotatable bonds is 8. The van der Waals surface area contributed by atoms with Gasteiger partial charge in [0.2, 0.25) is 0 Å². The van der Waals surface area contributed by atoms with E-state index in [0.29, 0.717) is 5.92 Å². The minimum absolute atomic E-state index is 0.570. The molecule has 55 heavy (non-hydrogen) atoms. The van der Waals surface area contributed by atoms with Gasteiger partial charge in [0.25, 0.3) is 0 Å². The minimum Gasteiger partial charge on any atom is -0.456 e. The second-order valence-electron chi connectivity index (χ2n) is 15.0. The lowest BCUT2D eigenvalue weighted by atomic mass is 9.65. The summed E-state index contributed by atoms with van der Waals surface area (Å²) in [5.41, 5.74) is 14.1. The fourth-order valence-corrected chi connectivity index (χ4v) is 9.49. The Morgan fingerprint density at radius 3 is 1.93 bits per heavy atom. The Balaban J connectivity index is 1.21. The number of anilines is 3. The van der Waals surface area contributed by atoms with E-state index in [1.807, 2.05) is 0 Å². The Morgan fingerprint density at radius 1 is 0.509 bits per heavy atom. The zero-order chi connectivity index (χ0) is 36.9. The molecule has 0 amide bonds. The van der Waals surface area contributed by atoms with Crippen molar-refractivity contribution in [2.45, 2.75) is 44.4 Å². The lowest BCUT2D eigenvalue weighted by Crippen LogP contribution is -2.32. The summed E-state index contributed by atoms with van der Waals surface area (Å²) in [4.78, 5) is 2.43. The first kappa shape index (κ1) is 33.2. The van der Waals surface area contributed by atoms with E-state index < -0.39 is 5.41 Å². The van der Waals surface area contributed by atoms with E-state index in [9.17, 15) is 0 Å². The van der Waals surface area contributed by atoms with Crippen LogP contribution in [0.3, 0.4) is 0 Å². The summed E-state index contributed by atoms with van der Waals surface area (Å²) in [5, 5.41) is 2.30. The first-order valence-electron chi connectivity index (χ1n) is 19.8. The smallest absolute Gasteiger partial charge is 0.140 e. The number of benzene rings is 8. The summed E-state index contributed by atoms with van der Waals surface area (Å²) < 4.78 is 6.92. The highest BCUT2D eigenvalue weighted by Gasteiger charge is 2.51.